The maximum absolute atomic E-state index is 13.0. The average Bonchev–Trinajstić information content (AvgIpc) is 2.95. The molecule has 0 radical (unpaired) electrons. The molecule has 0 aliphatic carbocycles. The van der Waals surface area contributed by atoms with E-state index in [9.17, 15) is 24.8 Å². The van der Waals surface area contributed by atoms with Crippen LogP contribution >= 0.6 is 11.8 Å². The molecule has 1 saturated heterocycles. The molecule has 0 bridgehead atoms. The largest absolute Gasteiger partial charge is 0.507 e. The number of rotatable bonds is 4. The number of phenolic OH excluding ortho intramolecular Hbond substituents is 1. The summed E-state index contributed by atoms with van der Waals surface area (Å²) in [6.07, 6.45) is 1.65. The second-order valence-electron chi connectivity index (χ2n) is 10.1. The van der Waals surface area contributed by atoms with Crippen molar-refractivity contribution in [2.75, 3.05) is 0 Å². The molecule has 2 amide bonds. The Morgan fingerprint density at radius 3 is 2.09 bits per heavy atom. The summed E-state index contributed by atoms with van der Waals surface area (Å²) in [7, 11) is 0. The van der Waals surface area contributed by atoms with Crippen LogP contribution in [0.25, 0.3) is 6.08 Å². The summed E-state index contributed by atoms with van der Waals surface area (Å²) in [6, 6.07) is 9.73. The summed E-state index contributed by atoms with van der Waals surface area (Å²) < 4.78 is 0. The van der Waals surface area contributed by atoms with Crippen LogP contribution in [0.2, 0.25) is 0 Å². The Morgan fingerprint density at radius 1 is 1.03 bits per heavy atom. The Labute approximate surface area is 197 Å². The number of hydrogen-bond donors (Lipinski definition) is 1. The van der Waals surface area contributed by atoms with E-state index in [4.69, 9.17) is 0 Å². The molecule has 0 saturated carbocycles. The van der Waals surface area contributed by atoms with Gasteiger partial charge in [0.1, 0.15) is 5.75 Å². The van der Waals surface area contributed by atoms with Crippen LogP contribution < -0.4 is 0 Å². The Kier molecular flexibility index (Phi) is 6.44. The van der Waals surface area contributed by atoms with Crippen molar-refractivity contribution in [3.63, 3.8) is 0 Å². The molecule has 174 valence electrons. The SMILES string of the molecule is CC(C)(C)c1cc(/C=C2\SC(=O)N(Cc3ccccc3[N+](=O)[O-])C2=O)cc(C(C)(C)C)c1O. The standard InChI is InChI=1S/C25H28N2O5S/c1-24(2,3)17-11-15(12-18(21(17)28)25(4,5)6)13-20-22(29)26(23(30)33-20)14-16-9-7-8-10-19(16)27(31)32/h7-13,28H,14H2,1-6H3/b20-13-. The highest BCUT2D eigenvalue weighted by Crippen LogP contribution is 2.41. The Morgan fingerprint density at radius 2 is 1.58 bits per heavy atom. The highest BCUT2D eigenvalue weighted by atomic mass is 32.2. The lowest BCUT2D eigenvalue weighted by atomic mass is 9.78. The number of para-hydroxylation sites is 1. The lowest BCUT2D eigenvalue weighted by molar-refractivity contribution is -0.385. The van der Waals surface area contributed by atoms with Crippen LogP contribution in [0, 0.1) is 10.1 Å². The third-order valence-corrected chi connectivity index (χ3v) is 6.34. The number of amides is 2. The first-order valence-electron chi connectivity index (χ1n) is 10.6. The number of nitrogens with zero attached hydrogens (tertiary/aromatic N) is 2. The lowest BCUT2D eigenvalue weighted by Gasteiger charge is -2.28. The van der Waals surface area contributed by atoms with Crippen molar-refractivity contribution in [2.24, 2.45) is 0 Å². The predicted molar refractivity (Wildman–Crippen MR) is 130 cm³/mol. The van der Waals surface area contributed by atoms with Crippen LogP contribution in [0.15, 0.2) is 41.3 Å². The molecule has 1 aliphatic rings. The third-order valence-electron chi connectivity index (χ3n) is 5.44. The van der Waals surface area contributed by atoms with E-state index in [-0.39, 0.29) is 33.7 Å². The van der Waals surface area contributed by atoms with E-state index < -0.39 is 16.1 Å². The number of benzene rings is 2. The number of nitro groups is 1. The number of phenols is 1. The number of aromatic hydroxyl groups is 1. The zero-order valence-electron chi connectivity index (χ0n) is 19.6. The maximum Gasteiger partial charge on any atom is 0.293 e. The van der Waals surface area contributed by atoms with Gasteiger partial charge in [0.15, 0.2) is 0 Å². The van der Waals surface area contributed by atoms with E-state index in [1.165, 1.54) is 12.1 Å². The molecule has 33 heavy (non-hydrogen) atoms. The smallest absolute Gasteiger partial charge is 0.293 e. The molecular formula is C25H28N2O5S. The number of nitro benzene ring substituents is 1. The number of carbonyl (C=O) groups is 2. The summed E-state index contributed by atoms with van der Waals surface area (Å²) in [5.74, 6) is -0.262. The van der Waals surface area contributed by atoms with Crippen molar-refractivity contribution < 1.29 is 19.6 Å². The molecule has 1 N–H and O–H groups in total. The highest BCUT2D eigenvalue weighted by molar-refractivity contribution is 8.18. The van der Waals surface area contributed by atoms with Crippen LogP contribution in [0.5, 0.6) is 5.75 Å². The van der Waals surface area contributed by atoms with E-state index in [1.807, 2.05) is 53.7 Å². The first-order valence-corrected chi connectivity index (χ1v) is 11.4. The quantitative estimate of drug-likeness (QED) is 0.329. The van der Waals surface area contributed by atoms with E-state index in [0.29, 0.717) is 11.1 Å². The van der Waals surface area contributed by atoms with E-state index in [2.05, 4.69) is 0 Å². The number of thioether (sulfide) groups is 1. The fourth-order valence-corrected chi connectivity index (χ4v) is 4.50. The van der Waals surface area contributed by atoms with Crippen LogP contribution in [0.1, 0.15) is 63.8 Å². The number of imide groups is 1. The second-order valence-corrected chi connectivity index (χ2v) is 11.1. The molecule has 0 unspecified atom stereocenters. The van der Waals surface area contributed by atoms with Crippen molar-refractivity contribution in [3.05, 3.63) is 73.7 Å². The van der Waals surface area contributed by atoms with Crippen LogP contribution in [-0.4, -0.2) is 26.1 Å². The summed E-state index contributed by atoms with van der Waals surface area (Å²) in [5, 5.41) is 21.7. The fourth-order valence-electron chi connectivity index (χ4n) is 3.66. The summed E-state index contributed by atoms with van der Waals surface area (Å²) in [6.45, 7) is 11.8. The third kappa shape index (κ3) is 5.11. The van der Waals surface area contributed by atoms with Gasteiger partial charge in [0.2, 0.25) is 0 Å². The normalized spacial score (nSPS) is 16.1. The molecule has 2 aromatic carbocycles. The van der Waals surface area contributed by atoms with Gasteiger partial charge in [-0.05, 0) is 46.4 Å². The molecular weight excluding hydrogens is 440 g/mol. The molecule has 1 heterocycles. The summed E-state index contributed by atoms with van der Waals surface area (Å²) >= 11 is 0.807. The Hall–Kier alpha value is -3.13. The van der Waals surface area contributed by atoms with Gasteiger partial charge in [0.05, 0.1) is 16.4 Å². The minimum atomic E-state index is -0.525. The number of carbonyl (C=O) groups excluding carboxylic acids is 2. The molecule has 0 spiro atoms. The Balaban J connectivity index is 2.01. The van der Waals surface area contributed by atoms with Crippen molar-refractivity contribution >= 4 is 34.7 Å². The van der Waals surface area contributed by atoms with Gasteiger partial charge in [0, 0.05) is 22.8 Å². The Bertz CT molecular complexity index is 1140. The average molecular weight is 469 g/mol. The van der Waals surface area contributed by atoms with E-state index in [1.54, 1.807) is 18.2 Å². The topological polar surface area (TPSA) is 101 Å². The van der Waals surface area contributed by atoms with Gasteiger partial charge in [-0.2, -0.15) is 0 Å². The predicted octanol–water partition coefficient (Wildman–Crippen LogP) is 6.13. The van der Waals surface area contributed by atoms with Gasteiger partial charge in [-0.1, -0.05) is 59.7 Å². The van der Waals surface area contributed by atoms with Gasteiger partial charge in [0.25, 0.3) is 16.8 Å². The maximum atomic E-state index is 13.0. The van der Waals surface area contributed by atoms with Crippen LogP contribution in [0.3, 0.4) is 0 Å². The minimum absolute atomic E-state index is 0.135. The summed E-state index contributed by atoms with van der Waals surface area (Å²) in [4.78, 5) is 37.7. The fraction of sp³-hybridized carbons (Fsp3) is 0.360. The zero-order chi connectivity index (χ0) is 24.7. The van der Waals surface area contributed by atoms with Crippen LogP contribution in [-0.2, 0) is 22.2 Å². The molecule has 7 nitrogen and oxygen atoms in total. The molecule has 0 aromatic heterocycles. The molecule has 0 atom stereocenters. The molecule has 1 fully saturated rings. The highest BCUT2D eigenvalue weighted by Gasteiger charge is 2.36. The van der Waals surface area contributed by atoms with E-state index >= 15 is 0 Å². The minimum Gasteiger partial charge on any atom is -0.507 e. The van der Waals surface area contributed by atoms with Crippen molar-refractivity contribution in [1.82, 2.24) is 4.90 Å². The van der Waals surface area contributed by atoms with Gasteiger partial charge in [-0.15, -0.1) is 0 Å². The van der Waals surface area contributed by atoms with Gasteiger partial charge >= 0.3 is 0 Å². The number of hydrogen-bond acceptors (Lipinski definition) is 6. The molecule has 2 aromatic rings. The van der Waals surface area contributed by atoms with Gasteiger partial charge < -0.3 is 5.11 Å². The van der Waals surface area contributed by atoms with Crippen molar-refractivity contribution in [2.45, 2.75) is 58.9 Å². The molecule has 3 rings (SSSR count). The van der Waals surface area contributed by atoms with Crippen molar-refractivity contribution in [3.8, 4) is 5.75 Å². The molecule has 8 heteroatoms. The molecule has 1 aliphatic heterocycles. The monoisotopic (exact) mass is 468 g/mol. The first-order chi connectivity index (χ1) is 15.2. The van der Waals surface area contributed by atoms with E-state index in [0.717, 1.165) is 27.8 Å². The van der Waals surface area contributed by atoms with Crippen molar-refractivity contribution in [1.29, 1.82) is 0 Å². The second kappa shape index (κ2) is 8.67. The van der Waals surface area contributed by atoms with Crippen LogP contribution in [0.4, 0.5) is 10.5 Å². The lowest BCUT2D eigenvalue weighted by Crippen LogP contribution is -2.27. The zero-order valence-corrected chi connectivity index (χ0v) is 20.4. The van der Waals surface area contributed by atoms with Gasteiger partial charge in [-0.3, -0.25) is 24.6 Å². The summed E-state index contributed by atoms with van der Waals surface area (Å²) in [5.41, 5.74) is 1.70. The van der Waals surface area contributed by atoms with Gasteiger partial charge in [-0.25, -0.2) is 0 Å². The first kappa shape index (κ1) is 24.5.